The van der Waals surface area contributed by atoms with E-state index < -0.39 is 5.60 Å². The Morgan fingerprint density at radius 3 is 2.80 bits per heavy atom. The number of hydrazine groups is 1. The summed E-state index contributed by atoms with van der Waals surface area (Å²) in [5.74, 6) is 5.34. The fraction of sp³-hybridized carbons (Fsp3) is 0.500. The molecule has 0 radical (unpaired) electrons. The minimum Gasteiger partial charge on any atom is -0.492 e. The maximum absolute atomic E-state index is 11.4. The predicted molar refractivity (Wildman–Crippen MR) is 77.4 cm³/mol. The lowest BCUT2D eigenvalue weighted by Crippen LogP contribution is -2.38. The first-order chi connectivity index (χ1) is 9.31. The summed E-state index contributed by atoms with van der Waals surface area (Å²) in [6, 6.07) is 6.82. The molecule has 0 unspecified atom stereocenters. The van der Waals surface area contributed by atoms with Crippen LogP contribution in [0.25, 0.3) is 0 Å². The molecule has 4 N–H and O–H groups in total. The summed E-state index contributed by atoms with van der Waals surface area (Å²) in [6.07, 6.45) is 0. The van der Waals surface area contributed by atoms with Gasteiger partial charge in [0.05, 0.1) is 5.60 Å². The van der Waals surface area contributed by atoms with Gasteiger partial charge in [-0.1, -0.05) is 6.07 Å². The second-order valence-corrected chi connectivity index (χ2v) is 5.40. The number of nitrogens with two attached hydrogens (primary N) is 1. The van der Waals surface area contributed by atoms with Crippen molar-refractivity contribution in [3.63, 3.8) is 0 Å². The van der Waals surface area contributed by atoms with Crippen LogP contribution in [0, 0.1) is 0 Å². The highest BCUT2D eigenvalue weighted by Crippen LogP contribution is 2.13. The van der Waals surface area contributed by atoms with E-state index in [2.05, 4.69) is 5.43 Å². The first-order valence-corrected chi connectivity index (χ1v) is 6.46. The van der Waals surface area contributed by atoms with Gasteiger partial charge in [-0.25, -0.2) is 5.84 Å². The molecule has 0 bridgehead atoms. The summed E-state index contributed by atoms with van der Waals surface area (Å²) in [7, 11) is 1.92. The lowest BCUT2D eigenvalue weighted by Gasteiger charge is -2.25. The average molecular weight is 281 g/mol. The zero-order valence-corrected chi connectivity index (χ0v) is 12.2. The molecule has 0 aliphatic heterocycles. The van der Waals surface area contributed by atoms with Gasteiger partial charge in [-0.05, 0) is 39.1 Å². The van der Waals surface area contributed by atoms with Crippen LogP contribution in [0.2, 0.25) is 0 Å². The second kappa shape index (κ2) is 7.23. The number of rotatable bonds is 7. The number of hydrogen-bond acceptors (Lipinski definition) is 5. The molecule has 0 aliphatic rings. The van der Waals surface area contributed by atoms with Crippen LogP contribution in [0.5, 0.6) is 5.75 Å². The fourth-order valence-electron chi connectivity index (χ4n) is 1.87. The summed E-state index contributed by atoms with van der Waals surface area (Å²) >= 11 is 0. The number of ether oxygens (including phenoxy) is 1. The molecule has 0 spiro atoms. The highest BCUT2D eigenvalue weighted by Gasteiger charge is 2.15. The van der Waals surface area contributed by atoms with Crippen LogP contribution >= 0.6 is 0 Å². The van der Waals surface area contributed by atoms with E-state index >= 15 is 0 Å². The van der Waals surface area contributed by atoms with Crippen molar-refractivity contribution in [1.29, 1.82) is 0 Å². The van der Waals surface area contributed by atoms with Gasteiger partial charge in [-0.3, -0.25) is 10.2 Å². The number of nitrogens with zero attached hydrogens (tertiary/aromatic N) is 1. The van der Waals surface area contributed by atoms with E-state index in [0.29, 0.717) is 31.0 Å². The van der Waals surface area contributed by atoms with E-state index in [1.807, 2.05) is 11.9 Å². The highest BCUT2D eigenvalue weighted by atomic mass is 16.5. The van der Waals surface area contributed by atoms with E-state index in [-0.39, 0.29) is 5.91 Å². The van der Waals surface area contributed by atoms with Gasteiger partial charge in [0, 0.05) is 18.7 Å². The summed E-state index contributed by atoms with van der Waals surface area (Å²) in [5.41, 5.74) is 1.80. The highest BCUT2D eigenvalue weighted by molar-refractivity contribution is 5.94. The maximum Gasteiger partial charge on any atom is 0.265 e. The molecular formula is C14H23N3O3. The lowest BCUT2D eigenvalue weighted by atomic mass is 10.1. The third kappa shape index (κ3) is 6.01. The Hall–Kier alpha value is -1.63. The van der Waals surface area contributed by atoms with Crippen LogP contribution in [-0.2, 0) is 0 Å². The summed E-state index contributed by atoms with van der Waals surface area (Å²) < 4.78 is 5.58. The largest absolute Gasteiger partial charge is 0.492 e. The number of amides is 1. The van der Waals surface area contributed by atoms with E-state index in [0.717, 1.165) is 0 Å². The molecule has 6 nitrogen and oxygen atoms in total. The SMILES string of the molecule is CN(CCOc1cccc(C(=O)NN)c1)CC(C)(C)O. The molecule has 112 valence electrons. The van der Waals surface area contributed by atoms with Crippen molar-refractivity contribution in [3.8, 4) is 5.75 Å². The zero-order valence-electron chi connectivity index (χ0n) is 12.2. The number of carbonyl (C=O) groups is 1. The van der Waals surface area contributed by atoms with Crippen LogP contribution in [0.4, 0.5) is 0 Å². The van der Waals surface area contributed by atoms with Crippen molar-refractivity contribution in [2.45, 2.75) is 19.4 Å². The monoisotopic (exact) mass is 281 g/mol. The molecule has 0 aliphatic carbocycles. The predicted octanol–water partition coefficient (Wildman–Crippen LogP) is 0.372. The number of aliphatic hydroxyl groups is 1. The fourth-order valence-corrected chi connectivity index (χ4v) is 1.87. The van der Waals surface area contributed by atoms with E-state index in [4.69, 9.17) is 10.6 Å². The van der Waals surface area contributed by atoms with Crippen LogP contribution < -0.4 is 16.0 Å². The van der Waals surface area contributed by atoms with Gasteiger partial charge in [0.1, 0.15) is 12.4 Å². The Morgan fingerprint density at radius 1 is 1.50 bits per heavy atom. The summed E-state index contributed by atoms with van der Waals surface area (Å²) in [6.45, 7) is 5.24. The second-order valence-electron chi connectivity index (χ2n) is 5.40. The third-order valence-corrected chi connectivity index (χ3v) is 2.63. The topological polar surface area (TPSA) is 87.8 Å². The Bertz CT molecular complexity index is 444. The van der Waals surface area contributed by atoms with Crippen molar-refractivity contribution >= 4 is 5.91 Å². The first-order valence-electron chi connectivity index (χ1n) is 6.46. The summed E-state index contributed by atoms with van der Waals surface area (Å²) in [5, 5.41) is 9.69. The molecule has 1 rings (SSSR count). The Labute approximate surface area is 119 Å². The molecule has 1 aromatic rings. The first kappa shape index (κ1) is 16.4. The molecule has 0 aromatic heterocycles. The molecule has 0 heterocycles. The lowest BCUT2D eigenvalue weighted by molar-refractivity contribution is 0.0411. The summed E-state index contributed by atoms with van der Waals surface area (Å²) in [4.78, 5) is 13.4. The molecule has 0 saturated heterocycles. The van der Waals surface area contributed by atoms with E-state index in [1.54, 1.807) is 38.1 Å². The number of carbonyl (C=O) groups excluding carboxylic acids is 1. The molecule has 1 aromatic carbocycles. The van der Waals surface area contributed by atoms with Gasteiger partial charge < -0.3 is 14.7 Å². The normalized spacial score (nSPS) is 11.5. The van der Waals surface area contributed by atoms with Crippen LogP contribution in [0.1, 0.15) is 24.2 Å². The van der Waals surface area contributed by atoms with Crippen molar-refractivity contribution in [2.24, 2.45) is 5.84 Å². The molecule has 1 amide bonds. The Morgan fingerprint density at radius 2 is 2.20 bits per heavy atom. The molecule has 0 saturated carbocycles. The molecule has 20 heavy (non-hydrogen) atoms. The van der Waals surface area contributed by atoms with Crippen molar-refractivity contribution in [2.75, 3.05) is 26.7 Å². The molecule has 0 atom stereocenters. The number of hydrogen-bond donors (Lipinski definition) is 3. The van der Waals surface area contributed by atoms with E-state index in [1.165, 1.54) is 0 Å². The number of likely N-dealkylation sites (N-methyl/N-ethyl adjacent to an activating group) is 1. The van der Waals surface area contributed by atoms with Crippen LogP contribution in [0.15, 0.2) is 24.3 Å². The van der Waals surface area contributed by atoms with Gasteiger partial charge in [0.25, 0.3) is 5.91 Å². The van der Waals surface area contributed by atoms with E-state index in [9.17, 15) is 9.90 Å². The van der Waals surface area contributed by atoms with Crippen LogP contribution in [-0.4, -0.2) is 48.3 Å². The van der Waals surface area contributed by atoms with Gasteiger partial charge in [-0.15, -0.1) is 0 Å². The van der Waals surface area contributed by atoms with Gasteiger partial charge >= 0.3 is 0 Å². The third-order valence-electron chi connectivity index (χ3n) is 2.63. The van der Waals surface area contributed by atoms with Gasteiger partial charge in [0.15, 0.2) is 0 Å². The zero-order chi connectivity index (χ0) is 15.2. The van der Waals surface area contributed by atoms with Gasteiger partial charge in [-0.2, -0.15) is 0 Å². The quantitative estimate of drug-likeness (QED) is 0.382. The standard InChI is InChI=1S/C14H23N3O3/c1-14(2,19)10-17(3)7-8-20-12-6-4-5-11(9-12)13(18)16-15/h4-6,9,19H,7-8,10,15H2,1-3H3,(H,16,18). The van der Waals surface area contributed by atoms with Crippen LogP contribution in [0.3, 0.4) is 0 Å². The van der Waals surface area contributed by atoms with Gasteiger partial charge in [0.2, 0.25) is 0 Å². The minimum absolute atomic E-state index is 0.352. The van der Waals surface area contributed by atoms with Crippen molar-refractivity contribution in [3.05, 3.63) is 29.8 Å². The molecule has 0 fully saturated rings. The Kier molecular flexibility index (Phi) is 5.94. The minimum atomic E-state index is -0.728. The number of benzene rings is 1. The Balaban J connectivity index is 2.44. The van der Waals surface area contributed by atoms with Crippen molar-refractivity contribution in [1.82, 2.24) is 10.3 Å². The number of nitrogen functional groups attached to an aromatic ring is 1. The van der Waals surface area contributed by atoms with Crippen molar-refractivity contribution < 1.29 is 14.6 Å². The molecule has 6 heteroatoms. The molecular weight excluding hydrogens is 258 g/mol. The maximum atomic E-state index is 11.4. The smallest absolute Gasteiger partial charge is 0.265 e. The number of nitrogens with one attached hydrogen (secondary N) is 1. The average Bonchev–Trinajstić information content (AvgIpc) is 2.36.